The predicted molar refractivity (Wildman–Crippen MR) is 79.9 cm³/mol. The van der Waals surface area contributed by atoms with Crippen molar-refractivity contribution in [2.24, 2.45) is 0 Å². The van der Waals surface area contributed by atoms with E-state index in [-0.39, 0.29) is 0 Å². The van der Waals surface area contributed by atoms with Crippen molar-refractivity contribution in [1.82, 2.24) is 20.2 Å². The van der Waals surface area contributed by atoms with Gasteiger partial charge in [0.2, 0.25) is 0 Å². The zero-order valence-corrected chi connectivity index (χ0v) is 12.5. The van der Waals surface area contributed by atoms with Crippen molar-refractivity contribution in [1.29, 1.82) is 0 Å². The van der Waals surface area contributed by atoms with Crippen molar-refractivity contribution in [3.05, 3.63) is 18.2 Å². The van der Waals surface area contributed by atoms with E-state index in [1.165, 1.54) is 0 Å². The summed E-state index contributed by atoms with van der Waals surface area (Å²) < 4.78 is 12.7. The van der Waals surface area contributed by atoms with E-state index in [1.807, 2.05) is 32.0 Å². The van der Waals surface area contributed by atoms with Crippen LogP contribution < -0.4 is 10.5 Å². The molecule has 7 nitrogen and oxygen atoms in total. The van der Waals surface area contributed by atoms with E-state index < -0.39 is 0 Å². The molecule has 0 aliphatic carbocycles. The number of benzene rings is 1. The first-order valence-corrected chi connectivity index (χ1v) is 7.13. The van der Waals surface area contributed by atoms with Crippen LogP contribution in [0.15, 0.2) is 18.2 Å². The Morgan fingerprint density at radius 1 is 1.24 bits per heavy atom. The molecule has 0 fully saturated rings. The number of rotatable bonds is 8. The number of hydrogen-bond acceptors (Lipinski definition) is 6. The third kappa shape index (κ3) is 3.69. The van der Waals surface area contributed by atoms with E-state index in [4.69, 9.17) is 15.2 Å². The Morgan fingerprint density at radius 3 is 2.86 bits per heavy atom. The number of tetrazole rings is 1. The normalized spacial score (nSPS) is 10.8. The molecule has 1 aromatic heterocycles. The topological polar surface area (TPSA) is 88.1 Å². The fourth-order valence-electron chi connectivity index (χ4n) is 2.06. The summed E-state index contributed by atoms with van der Waals surface area (Å²) >= 11 is 0. The molecule has 0 bridgehead atoms. The zero-order chi connectivity index (χ0) is 15.1. The number of aryl methyl sites for hydroxylation is 1. The van der Waals surface area contributed by atoms with Crippen LogP contribution in [-0.4, -0.2) is 40.0 Å². The largest absolute Gasteiger partial charge is 0.493 e. The second-order valence-corrected chi connectivity index (χ2v) is 4.43. The predicted octanol–water partition coefficient (Wildman–Crippen LogP) is 1.75. The van der Waals surface area contributed by atoms with E-state index in [0.29, 0.717) is 43.6 Å². The molecule has 0 saturated carbocycles. The maximum absolute atomic E-state index is 6.07. The third-order valence-corrected chi connectivity index (χ3v) is 2.98. The molecule has 1 heterocycles. The highest BCUT2D eigenvalue weighted by Gasteiger charge is 2.17. The monoisotopic (exact) mass is 291 g/mol. The van der Waals surface area contributed by atoms with E-state index in [0.717, 1.165) is 12.0 Å². The summed E-state index contributed by atoms with van der Waals surface area (Å²) in [6, 6.07) is 5.54. The number of anilines is 1. The molecule has 21 heavy (non-hydrogen) atoms. The number of aromatic nitrogens is 4. The Morgan fingerprint density at radius 2 is 2.10 bits per heavy atom. The highest BCUT2D eigenvalue weighted by molar-refractivity contribution is 5.77. The number of ether oxygens (including phenoxy) is 2. The SMILES string of the molecule is CCOCCCn1nnnc1-c1c(N)cccc1OCC. The number of hydrogen-bond donors (Lipinski definition) is 1. The lowest BCUT2D eigenvalue weighted by Gasteiger charge is -2.12. The van der Waals surface area contributed by atoms with Crippen LogP contribution in [0.1, 0.15) is 20.3 Å². The van der Waals surface area contributed by atoms with Crippen LogP contribution in [0.3, 0.4) is 0 Å². The molecule has 0 unspecified atom stereocenters. The lowest BCUT2D eigenvalue weighted by atomic mass is 10.1. The van der Waals surface area contributed by atoms with Crippen LogP contribution in [0, 0.1) is 0 Å². The molecule has 2 N–H and O–H groups in total. The fourth-order valence-corrected chi connectivity index (χ4v) is 2.06. The van der Waals surface area contributed by atoms with Gasteiger partial charge in [-0.2, -0.15) is 0 Å². The molecular formula is C14H21N5O2. The van der Waals surface area contributed by atoms with Gasteiger partial charge < -0.3 is 15.2 Å². The van der Waals surface area contributed by atoms with Gasteiger partial charge in [-0.1, -0.05) is 6.07 Å². The van der Waals surface area contributed by atoms with Gasteiger partial charge in [-0.3, -0.25) is 0 Å². The smallest absolute Gasteiger partial charge is 0.187 e. The molecule has 0 aliphatic rings. The minimum absolute atomic E-state index is 0.558. The Labute approximate surface area is 124 Å². The molecule has 0 aliphatic heterocycles. The van der Waals surface area contributed by atoms with E-state index >= 15 is 0 Å². The van der Waals surface area contributed by atoms with Gasteiger partial charge in [0, 0.05) is 25.4 Å². The summed E-state index contributed by atoms with van der Waals surface area (Å²) in [6.45, 7) is 6.52. The van der Waals surface area contributed by atoms with Gasteiger partial charge >= 0.3 is 0 Å². The van der Waals surface area contributed by atoms with Crippen molar-refractivity contribution in [2.45, 2.75) is 26.8 Å². The van der Waals surface area contributed by atoms with Gasteiger partial charge in [-0.05, 0) is 42.8 Å². The first-order valence-electron chi connectivity index (χ1n) is 7.13. The molecular weight excluding hydrogens is 270 g/mol. The Bertz CT molecular complexity index is 570. The summed E-state index contributed by atoms with van der Waals surface area (Å²) in [6.07, 6.45) is 0.836. The van der Waals surface area contributed by atoms with E-state index in [2.05, 4.69) is 15.5 Å². The number of nitrogens with zero attached hydrogens (tertiary/aromatic N) is 4. The summed E-state index contributed by atoms with van der Waals surface area (Å²) in [7, 11) is 0. The lowest BCUT2D eigenvalue weighted by molar-refractivity contribution is 0.140. The molecule has 2 rings (SSSR count). The van der Waals surface area contributed by atoms with Crippen molar-refractivity contribution in [3.8, 4) is 17.1 Å². The van der Waals surface area contributed by atoms with E-state index in [9.17, 15) is 0 Å². The van der Waals surface area contributed by atoms with Gasteiger partial charge in [0.1, 0.15) is 5.75 Å². The maximum Gasteiger partial charge on any atom is 0.187 e. The zero-order valence-electron chi connectivity index (χ0n) is 12.5. The minimum Gasteiger partial charge on any atom is -0.493 e. The van der Waals surface area contributed by atoms with Gasteiger partial charge in [0.25, 0.3) is 0 Å². The summed E-state index contributed by atoms with van der Waals surface area (Å²) in [4.78, 5) is 0. The van der Waals surface area contributed by atoms with Gasteiger partial charge in [-0.15, -0.1) is 5.10 Å². The van der Waals surface area contributed by atoms with Crippen LogP contribution >= 0.6 is 0 Å². The minimum atomic E-state index is 0.558. The molecule has 0 saturated heterocycles. The average Bonchev–Trinajstić information content (AvgIpc) is 2.92. The van der Waals surface area contributed by atoms with Crippen LogP contribution in [-0.2, 0) is 11.3 Å². The van der Waals surface area contributed by atoms with E-state index in [1.54, 1.807) is 4.68 Å². The Kier molecular flexibility index (Phi) is 5.51. The third-order valence-electron chi connectivity index (χ3n) is 2.98. The van der Waals surface area contributed by atoms with Crippen molar-refractivity contribution >= 4 is 5.69 Å². The molecule has 2 aromatic rings. The molecule has 0 radical (unpaired) electrons. The molecule has 114 valence electrons. The van der Waals surface area contributed by atoms with Crippen LogP contribution in [0.25, 0.3) is 11.4 Å². The molecule has 7 heteroatoms. The summed E-state index contributed by atoms with van der Waals surface area (Å²) in [5, 5.41) is 11.9. The van der Waals surface area contributed by atoms with Crippen LogP contribution in [0.4, 0.5) is 5.69 Å². The second-order valence-electron chi connectivity index (χ2n) is 4.43. The average molecular weight is 291 g/mol. The second kappa shape index (κ2) is 7.58. The number of nitrogen functional groups attached to an aromatic ring is 1. The quantitative estimate of drug-likeness (QED) is 0.589. The summed E-state index contributed by atoms with van der Waals surface area (Å²) in [5.41, 5.74) is 7.41. The highest BCUT2D eigenvalue weighted by Crippen LogP contribution is 2.33. The molecule has 0 spiro atoms. The molecule has 1 aromatic carbocycles. The Balaban J connectivity index is 2.24. The fraction of sp³-hybridized carbons (Fsp3) is 0.500. The van der Waals surface area contributed by atoms with Gasteiger partial charge in [0.15, 0.2) is 5.82 Å². The van der Waals surface area contributed by atoms with Gasteiger partial charge in [-0.25, -0.2) is 4.68 Å². The lowest BCUT2D eigenvalue weighted by Crippen LogP contribution is -2.08. The highest BCUT2D eigenvalue weighted by atomic mass is 16.5. The van der Waals surface area contributed by atoms with Crippen molar-refractivity contribution in [2.75, 3.05) is 25.6 Å². The summed E-state index contributed by atoms with van der Waals surface area (Å²) in [5.74, 6) is 1.31. The number of nitrogens with two attached hydrogens (primary N) is 1. The van der Waals surface area contributed by atoms with Crippen molar-refractivity contribution < 1.29 is 9.47 Å². The molecule has 0 amide bonds. The van der Waals surface area contributed by atoms with Crippen molar-refractivity contribution in [3.63, 3.8) is 0 Å². The first-order chi connectivity index (χ1) is 10.3. The maximum atomic E-state index is 6.07. The van der Waals surface area contributed by atoms with Crippen LogP contribution in [0.5, 0.6) is 5.75 Å². The Hall–Kier alpha value is -2.15. The van der Waals surface area contributed by atoms with Gasteiger partial charge in [0.05, 0.1) is 12.2 Å². The first kappa shape index (κ1) is 15.2. The standard InChI is InChI=1S/C14H21N5O2/c1-3-20-10-6-9-19-14(16-17-18-19)13-11(15)7-5-8-12(13)21-4-2/h5,7-8H,3-4,6,9-10,15H2,1-2H3. The van der Waals surface area contributed by atoms with Crippen LogP contribution in [0.2, 0.25) is 0 Å². The molecule has 0 atom stereocenters.